The molecule has 0 aliphatic rings. The van der Waals surface area contributed by atoms with Crippen LogP contribution >= 0.6 is 11.5 Å². The number of nitrogens with zero attached hydrogens (tertiary/aromatic N) is 4. The standard InChI is InChI=1S/C8H12N6S/c1-6-4-11-14(5-6)3-2-10-8-12-7(9)13-15-8/h4-5H,2-3H2,1H3,(H3,9,10,12,13). The summed E-state index contributed by atoms with van der Waals surface area (Å²) in [5.41, 5.74) is 6.56. The van der Waals surface area contributed by atoms with Gasteiger partial charge in [0.25, 0.3) is 0 Å². The van der Waals surface area contributed by atoms with Crippen LogP contribution in [0.4, 0.5) is 11.1 Å². The second-order valence-corrected chi connectivity index (χ2v) is 3.92. The fourth-order valence-corrected chi connectivity index (χ4v) is 1.70. The zero-order valence-electron chi connectivity index (χ0n) is 8.34. The molecule has 0 aliphatic heterocycles. The van der Waals surface area contributed by atoms with Crippen LogP contribution in [-0.4, -0.2) is 25.7 Å². The number of hydrogen-bond donors (Lipinski definition) is 2. The topological polar surface area (TPSA) is 81.7 Å². The van der Waals surface area contributed by atoms with Gasteiger partial charge in [-0.2, -0.15) is 14.5 Å². The van der Waals surface area contributed by atoms with E-state index in [2.05, 4.69) is 19.8 Å². The predicted octanol–water partition coefficient (Wildman–Crippen LogP) is 0.737. The molecule has 0 saturated carbocycles. The first-order chi connectivity index (χ1) is 7.24. The number of nitrogen functional groups attached to an aromatic ring is 1. The molecule has 0 amide bonds. The van der Waals surface area contributed by atoms with Crippen molar-refractivity contribution in [2.75, 3.05) is 17.6 Å². The lowest BCUT2D eigenvalue weighted by Gasteiger charge is -2.01. The van der Waals surface area contributed by atoms with Crippen LogP contribution in [0.1, 0.15) is 5.56 Å². The molecule has 3 N–H and O–H groups in total. The van der Waals surface area contributed by atoms with Gasteiger partial charge in [0.15, 0.2) is 0 Å². The van der Waals surface area contributed by atoms with E-state index in [4.69, 9.17) is 5.73 Å². The van der Waals surface area contributed by atoms with Crippen LogP contribution in [0.5, 0.6) is 0 Å². The Morgan fingerprint density at radius 3 is 3.07 bits per heavy atom. The molecule has 80 valence electrons. The average Bonchev–Trinajstić information content (AvgIpc) is 2.76. The summed E-state index contributed by atoms with van der Waals surface area (Å²) in [6, 6.07) is 0. The maximum Gasteiger partial charge on any atom is 0.233 e. The lowest BCUT2D eigenvalue weighted by Crippen LogP contribution is -2.10. The first kappa shape index (κ1) is 9.91. The third kappa shape index (κ3) is 2.66. The summed E-state index contributed by atoms with van der Waals surface area (Å²) >= 11 is 1.26. The molecule has 0 unspecified atom stereocenters. The van der Waals surface area contributed by atoms with Crippen LogP contribution < -0.4 is 11.1 Å². The highest BCUT2D eigenvalue weighted by atomic mass is 32.1. The quantitative estimate of drug-likeness (QED) is 0.800. The second-order valence-electron chi connectivity index (χ2n) is 3.17. The maximum atomic E-state index is 5.40. The normalized spacial score (nSPS) is 10.5. The second kappa shape index (κ2) is 4.26. The summed E-state index contributed by atoms with van der Waals surface area (Å²) in [6.07, 6.45) is 3.83. The highest BCUT2D eigenvalue weighted by Crippen LogP contribution is 2.10. The Hall–Kier alpha value is -1.63. The molecule has 2 rings (SSSR count). The minimum absolute atomic E-state index is 0.317. The van der Waals surface area contributed by atoms with E-state index in [0.717, 1.165) is 23.8 Å². The molecule has 6 nitrogen and oxygen atoms in total. The van der Waals surface area contributed by atoms with Gasteiger partial charge in [0.05, 0.1) is 12.7 Å². The highest BCUT2D eigenvalue weighted by molar-refractivity contribution is 7.09. The smallest absolute Gasteiger partial charge is 0.233 e. The van der Waals surface area contributed by atoms with E-state index in [1.54, 1.807) is 0 Å². The number of nitrogens with one attached hydrogen (secondary N) is 1. The van der Waals surface area contributed by atoms with Gasteiger partial charge in [-0.25, -0.2) is 0 Å². The number of hydrogen-bond acceptors (Lipinski definition) is 6. The largest absolute Gasteiger partial charge is 0.367 e. The summed E-state index contributed by atoms with van der Waals surface area (Å²) in [6.45, 7) is 3.57. The molecule has 7 heteroatoms. The maximum absolute atomic E-state index is 5.40. The Kier molecular flexibility index (Phi) is 2.82. The van der Waals surface area contributed by atoms with Crippen molar-refractivity contribution in [3.63, 3.8) is 0 Å². The highest BCUT2D eigenvalue weighted by Gasteiger charge is 1.99. The summed E-state index contributed by atoms with van der Waals surface area (Å²) in [5.74, 6) is 0.317. The van der Waals surface area contributed by atoms with Gasteiger partial charge in [0, 0.05) is 24.3 Å². The van der Waals surface area contributed by atoms with Crippen molar-refractivity contribution in [1.29, 1.82) is 0 Å². The first-order valence-electron chi connectivity index (χ1n) is 4.56. The molecule has 0 radical (unpaired) electrons. The molecule has 0 spiro atoms. The number of rotatable bonds is 4. The van der Waals surface area contributed by atoms with E-state index >= 15 is 0 Å². The van der Waals surface area contributed by atoms with Crippen molar-refractivity contribution in [3.8, 4) is 0 Å². The third-order valence-corrected chi connectivity index (χ3v) is 2.51. The summed E-state index contributed by atoms with van der Waals surface area (Å²) in [5, 5.41) is 8.05. The van der Waals surface area contributed by atoms with E-state index in [1.165, 1.54) is 11.5 Å². The molecule has 0 aromatic carbocycles. The molecule has 15 heavy (non-hydrogen) atoms. The lowest BCUT2D eigenvalue weighted by atomic mass is 10.4. The van der Waals surface area contributed by atoms with Crippen LogP contribution in [0, 0.1) is 6.92 Å². The van der Waals surface area contributed by atoms with Gasteiger partial charge >= 0.3 is 0 Å². The molecule has 2 heterocycles. The van der Waals surface area contributed by atoms with Crippen LogP contribution in [0.15, 0.2) is 12.4 Å². The van der Waals surface area contributed by atoms with Crippen LogP contribution in [0.2, 0.25) is 0 Å². The first-order valence-corrected chi connectivity index (χ1v) is 5.33. The van der Waals surface area contributed by atoms with Crippen molar-refractivity contribution < 1.29 is 0 Å². The van der Waals surface area contributed by atoms with E-state index < -0.39 is 0 Å². The van der Waals surface area contributed by atoms with Gasteiger partial charge < -0.3 is 11.1 Å². The van der Waals surface area contributed by atoms with Crippen LogP contribution in [-0.2, 0) is 6.54 Å². The SMILES string of the molecule is Cc1cnn(CCNc2nc(N)ns2)c1. The summed E-state index contributed by atoms with van der Waals surface area (Å²) in [4.78, 5) is 3.99. The van der Waals surface area contributed by atoms with Gasteiger partial charge in [-0.15, -0.1) is 0 Å². The minimum atomic E-state index is 0.317. The third-order valence-electron chi connectivity index (χ3n) is 1.82. The van der Waals surface area contributed by atoms with E-state index in [9.17, 15) is 0 Å². The Balaban J connectivity index is 1.80. The Morgan fingerprint density at radius 1 is 1.60 bits per heavy atom. The van der Waals surface area contributed by atoms with Crippen LogP contribution in [0.3, 0.4) is 0 Å². The lowest BCUT2D eigenvalue weighted by molar-refractivity contribution is 0.637. The van der Waals surface area contributed by atoms with Crippen molar-refractivity contribution >= 4 is 22.6 Å². The monoisotopic (exact) mass is 224 g/mol. The minimum Gasteiger partial charge on any atom is -0.367 e. The fourth-order valence-electron chi connectivity index (χ4n) is 1.17. The zero-order valence-corrected chi connectivity index (χ0v) is 9.16. The molecule has 2 aromatic rings. The van der Waals surface area contributed by atoms with E-state index in [1.807, 2.05) is 24.0 Å². The van der Waals surface area contributed by atoms with Gasteiger partial charge in [0.2, 0.25) is 11.1 Å². The Morgan fingerprint density at radius 2 is 2.47 bits per heavy atom. The van der Waals surface area contributed by atoms with Gasteiger partial charge in [0.1, 0.15) is 0 Å². The van der Waals surface area contributed by atoms with E-state index in [-0.39, 0.29) is 0 Å². The predicted molar refractivity (Wildman–Crippen MR) is 59.8 cm³/mol. The Labute approximate surface area is 91.3 Å². The molecule has 0 aliphatic carbocycles. The van der Waals surface area contributed by atoms with Crippen LogP contribution in [0.25, 0.3) is 0 Å². The summed E-state index contributed by atoms with van der Waals surface area (Å²) in [7, 11) is 0. The number of aromatic nitrogens is 4. The molecular weight excluding hydrogens is 212 g/mol. The molecule has 0 fully saturated rings. The molecular formula is C8H12N6S. The molecule has 0 saturated heterocycles. The van der Waals surface area contributed by atoms with Crippen molar-refractivity contribution in [2.45, 2.75) is 13.5 Å². The van der Waals surface area contributed by atoms with Crippen molar-refractivity contribution in [3.05, 3.63) is 18.0 Å². The molecule has 0 atom stereocenters. The molecule has 2 aromatic heterocycles. The molecule has 0 bridgehead atoms. The van der Waals surface area contributed by atoms with Gasteiger partial charge in [-0.1, -0.05) is 0 Å². The average molecular weight is 224 g/mol. The number of aryl methyl sites for hydroxylation is 1. The van der Waals surface area contributed by atoms with Crippen molar-refractivity contribution in [1.82, 2.24) is 19.1 Å². The zero-order chi connectivity index (χ0) is 10.7. The van der Waals surface area contributed by atoms with Gasteiger partial charge in [-0.3, -0.25) is 4.68 Å². The van der Waals surface area contributed by atoms with Crippen molar-refractivity contribution in [2.24, 2.45) is 0 Å². The van der Waals surface area contributed by atoms with E-state index in [0.29, 0.717) is 5.95 Å². The number of anilines is 2. The fraction of sp³-hybridized carbons (Fsp3) is 0.375. The Bertz CT molecular complexity index is 394. The summed E-state index contributed by atoms with van der Waals surface area (Å²) < 4.78 is 5.75. The van der Waals surface area contributed by atoms with Gasteiger partial charge in [-0.05, 0) is 12.5 Å². The number of nitrogens with two attached hydrogens (primary N) is 1.